The fourth-order valence-electron chi connectivity index (χ4n) is 1.64. The van der Waals surface area contributed by atoms with E-state index in [0.29, 0.717) is 18.4 Å². The number of H-pyrrole nitrogens is 1. The van der Waals surface area contributed by atoms with Gasteiger partial charge in [0, 0.05) is 23.6 Å². The lowest BCUT2D eigenvalue weighted by Crippen LogP contribution is -2.09. The molecule has 1 N–H and O–H groups in total. The van der Waals surface area contributed by atoms with Crippen molar-refractivity contribution < 1.29 is 8.78 Å². The van der Waals surface area contributed by atoms with Crippen molar-refractivity contribution in [2.45, 2.75) is 17.7 Å². The Bertz CT molecular complexity index is 485. The molecule has 1 aromatic heterocycles. The molecular weight excluding hydrogens is 290 g/mol. The first-order valence-electron chi connectivity index (χ1n) is 5.22. The first-order valence-corrected chi connectivity index (χ1v) is 6.13. The van der Waals surface area contributed by atoms with Crippen LogP contribution in [0, 0.1) is 11.6 Å². The van der Waals surface area contributed by atoms with Gasteiger partial charge in [-0.3, -0.25) is 0 Å². The highest BCUT2D eigenvalue weighted by atomic mass is 79.9. The van der Waals surface area contributed by atoms with Gasteiger partial charge in [-0.1, -0.05) is 28.1 Å². The lowest BCUT2D eigenvalue weighted by atomic mass is 10.1. The maximum atomic E-state index is 13.4. The molecule has 0 saturated carbocycles. The summed E-state index contributed by atoms with van der Waals surface area (Å²) < 4.78 is 26.4. The number of hydrogen-bond donors (Lipinski definition) is 1. The molecule has 2 rings (SSSR count). The second kappa shape index (κ2) is 5.40. The van der Waals surface area contributed by atoms with E-state index in [0.717, 1.165) is 11.9 Å². The Morgan fingerprint density at radius 3 is 2.82 bits per heavy atom. The maximum Gasteiger partial charge on any atom is 0.162 e. The standard InChI is InChI=1S/C12H11BrF2N2/c13-9(7-11-16-4-5-17-11)6-8-2-1-3-10(14)12(8)15/h1-5,9H,6-7H2,(H,16,17). The smallest absolute Gasteiger partial charge is 0.162 e. The van der Waals surface area contributed by atoms with Gasteiger partial charge in [-0.15, -0.1) is 0 Å². The number of halogens is 3. The van der Waals surface area contributed by atoms with Crippen molar-refractivity contribution in [1.82, 2.24) is 9.97 Å². The molecule has 0 fully saturated rings. The van der Waals surface area contributed by atoms with E-state index in [2.05, 4.69) is 25.9 Å². The van der Waals surface area contributed by atoms with Crippen molar-refractivity contribution in [3.63, 3.8) is 0 Å². The molecule has 0 bridgehead atoms. The molecule has 2 aromatic rings. The largest absolute Gasteiger partial charge is 0.349 e. The number of rotatable bonds is 4. The Labute approximate surface area is 106 Å². The van der Waals surface area contributed by atoms with Gasteiger partial charge in [0.25, 0.3) is 0 Å². The summed E-state index contributed by atoms with van der Waals surface area (Å²) in [7, 11) is 0. The number of nitrogens with one attached hydrogen (secondary N) is 1. The average molecular weight is 301 g/mol. The van der Waals surface area contributed by atoms with Crippen molar-refractivity contribution in [3.05, 3.63) is 53.6 Å². The van der Waals surface area contributed by atoms with Crippen LogP contribution in [0.25, 0.3) is 0 Å². The number of alkyl halides is 1. The average Bonchev–Trinajstić information content (AvgIpc) is 2.77. The normalized spacial score (nSPS) is 12.6. The molecule has 2 nitrogen and oxygen atoms in total. The van der Waals surface area contributed by atoms with Crippen molar-refractivity contribution in [2.24, 2.45) is 0 Å². The molecule has 0 radical (unpaired) electrons. The predicted molar refractivity (Wildman–Crippen MR) is 65.1 cm³/mol. The fraction of sp³-hybridized carbons (Fsp3) is 0.250. The van der Waals surface area contributed by atoms with E-state index < -0.39 is 11.6 Å². The van der Waals surface area contributed by atoms with E-state index in [1.54, 1.807) is 18.5 Å². The van der Waals surface area contributed by atoms with E-state index in [1.807, 2.05) is 0 Å². The minimum absolute atomic E-state index is 0.0185. The topological polar surface area (TPSA) is 28.7 Å². The van der Waals surface area contributed by atoms with Crippen LogP contribution in [0.15, 0.2) is 30.6 Å². The van der Waals surface area contributed by atoms with Crippen LogP contribution in [0.1, 0.15) is 11.4 Å². The fourth-order valence-corrected chi connectivity index (χ4v) is 2.29. The van der Waals surface area contributed by atoms with Gasteiger partial charge in [0.2, 0.25) is 0 Å². The Morgan fingerprint density at radius 1 is 1.29 bits per heavy atom. The number of hydrogen-bond acceptors (Lipinski definition) is 1. The summed E-state index contributed by atoms with van der Waals surface area (Å²) in [5.74, 6) is -0.750. The molecule has 90 valence electrons. The summed E-state index contributed by atoms with van der Waals surface area (Å²) in [4.78, 5) is 7.07. The Kier molecular flexibility index (Phi) is 3.89. The zero-order valence-corrected chi connectivity index (χ0v) is 10.5. The van der Waals surface area contributed by atoms with Gasteiger partial charge in [0.1, 0.15) is 5.82 Å². The molecule has 1 unspecified atom stereocenters. The Balaban J connectivity index is 2.03. The summed E-state index contributed by atoms with van der Waals surface area (Å²) in [5, 5.41) is 0. The number of imidazole rings is 1. The monoisotopic (exact) mass is 300 g/mol. The second-order valence-corrected chi connectivity index (χ2v) is 5.05. The van der Waals surface area contributed by atoms with Crippen LogP contribution in [-0.2, 0) is 12.8 Å². The van der Waals surface area contributed by atoms with Crippen molar-refractivity contribution in [2.75, 3.05) is 0 Å². The number of aromatic nitrogens is 2. The zero-order valence-electron chi connectivity index (χ0n) is 8.96. The van der Waals surface area contributed by atoms with Crippen LogP contribution in [0.3, 0.4) is 0 Å². The highest BCUT2D eigenvalue weighted by molar-refractivity contribution is 9.09. The van der Waals surface area contributed by atoms with Gasteiger partial charge in [0.05, 0.1) is 0 Å². The van der Waals surface area contributed by atoms with Crippen LogP contribution < -0.4 is 0 Å². The van der Waals surface area contributed by atoms with Crippen molar-refractivity contribution in [3.8, 4) is 0 Å². The summed E-state index contributed by atoms with van der Waals surface area (Å²) >= 11 is 3.45. The molecular formula is C12H11BrF2N2. The lowest BCUT2D eigenvalue weighted by molar-refractivity contribution is 0.498. The molecule has 1 heterocycles. The van der Waals surface area contributed by atoms with E-state index in [1.165, 1.54) is 6.07 Å². The van der Waals surface area contributed by atoms with Gasteiger partial charge < -0.3 is 4.98 Å². The molecule has 0 aliphatic rings. The molecule has 0 aliphatic heterocycles. The number of nitrogens with zero attached hydrogens (tertiary/aromatic N) is 1. The molecule has 0 amide bonds. The van der Waals surface area contributed by atoms with Crippen molar-refractivity contribution >= 4 is 15.9 Å². The van der Waals surface area contributed by atoms with Crippen LogP contribution in [-0.4, -0.2) is 14.8 Å². The number of benzene rings is 1. The third-order valence-corrected chi connectivity index (χ3v) is 3.09. The van der Waals surface area contributed by atoms with Crippen LogP contribution in [0.5, 0.6) is 0 Å². The summed E-state index contributed by atoms with van der Waals surface area (Å²) in [6.45, 7) is 0. The maximum absolute atomic E-state index is 13.4. The molecule has 5 heteroatoms. The molecule has 17 heavy (non-hydrogen) atoms. The molecule has 0 spiro atoms. The van der Waals surface area contributed by atoms with Gasteiger partial charge in [-0.05, 0) is 18.1 Å². The SMILES string of the molecule is Fc1cccc(CC(Br)Cc2ncc[nH]2)c1F. The third kappa shape index (κ3) is 3.12. The Morgan fingerprint density at radius 2 is 2.12 bits per heavy atom. The molecule has 1 atom stereocenters. The van der Waals surface area contributed by atoms with Gasteiger partial charge in [-0.25, -0.2) is 13.8 Å². The summed E-state index contributed by atoms with van der Waals surface area (Å²) in [5.41, 5.74) is 0.374. The Hall–Kier alpha value is -1.23. The van der Waals surface area contributed by atoms with Crippen LogP contribution in [0.2, 0.25) is 0 Å². The first-order chi connectivity index (χ1) is 8.16. The van der Waals surface area contributed by atoms with Gasteiger partial charge in [0.15, 0.2) is 11.6 Å². The minimum atomic E-state index is -0.805. The lowest BCUT2D eigenvalue weighted by Gasteiger charge is -2.09. The molecule has 0 aliphatic carbocycles. The quantitative estimate of drug-likeness (QED) is 0.863. The van der Waals surface area contributed by atoms with E-state index >= 15 is 0 Å². The highest BCUT2D eigenvalue weighted by Crippen LogP contribution is 2.18. The second-order valence-electron chi connectivity index (χ2n) is 3.75. The van der Waals surface area contributed by atoms with Gasteiger partial charge >= 0.3 is 0 Å². The molecule has 1 aromatic carbocycles. The van der Waals surface area contributed by atoms with Gasteiger partial charge in [-0.2, -0.15) is 0 Å². The zero-order chi connectivity index (χ0) is 12.3. The predicted octanol–water partition coefficient (Wildman–Crippen LogP) is 3.24. The minimum Gasteiger partial charge on any atom is -0.349 e. The van der Waals surface area contributed by atoms with E-state index in [-0.39, 0.29) is 4.83 Å². The number of aromatic amines is 1. The third-order valence-electron chi connectivity index (χ3n) is 2.44. The summed E-state index contributed by atoms with van der Waals surface area (Å²) in [6.07, 6.45) is 4.46. The highest BCUT2D eigenvalue weighted by Gasteiger charge is 2.13. The summed E-state index contributed by atoms with van der Waals surface area (Å²) in [6, 6.07) is 4.23. The van der Waals surface area contributed by atoms with Crippen molar-refractivity contribution in [1.29, 1.82) is 0 Å². The molecule has 0 saturated heterocycles. The van der Waals surface area contributed by atoms with Crippen LogP contribution >= 0.6 is 15.9 Å². The van der Waals surface area contributed by atoms with Crippen LogP contribution in [0.4, 0.5) is 8.78 Å². The van der Waals surface area contributed by atoms with E-state index in [4.69, 9.17) is 0 Å². The first kappa shape index (κ1) is 12.2. The van der Waals surface area contributed by atoms with E-state index in [9.17, 15) is 8.78 Å².